The molecule has 3 saturated carbocycles. The van der Waals surface area contributed by atoms with Crippen LogP contribution in [0.2, 0.25) is 0 Å². The monoisotopic (exact) mass is 531 g/mol. The van der Waals surface area contributed by atoms with Crippen LogP contribution in [0.5, 0.6) is 0 Å². The van der Waals surface area contributed by atoms with Crippen molar-refractivity contribution in [2.75, 3.05) is 7.11 Å². The van der Waals surface area contributed by atoms with Crippen LogP contribution >= 0.6 is 11.6 Å². The maximum absolute atomic E-state index is 15.8. The minimum absolute atomic E-state index is 0.00815. The lowest BCUT2D eigenvalue weighted by atomic mass is 9.45. The second kappa shape index (κ2) is 8.46. The fraction of sp³-hybridized carbons (Fsp3) is 0.571. The fourth-order valence-electron chi connectivity index (χ4n) is 8.05. The lowest BCUT2D eigenvalue weighted by Gasteiger charge is -2.64. The van der Waals surface area contributed by atoms with Gasteiger partial charge in [0.2, 0.25) is 5.60 Å². The smallest absolute Gasteiger partial charge is 0.358 e. The Balaban J connectivity index is 1.63. The Morgan fingerprint density at radius 1 is 1.22 bits per heavy atom. The molecule has 0 saturated heterocycles. The number of methoxy groups -OCH3 is 1. The molecule has 198 valence electrons. The zero-order valence-corrected chi connectivity index (χ0v) is 22.0. The van der Waals surface area contributed by atoms with Crippen LogP contribution in [-0.4, -0.2) is 57.7 Å². The number of pyridine rings is 1. The van der Waals surface area contributed by atoms with Gasteiger partial charge < -0.3 is 14.6 Å². The van der Waals surface area contributed by atoms with Crippen molar-refractivity contribution in [3.63, 3.8) is 0 Å². The molecule has 1 aromatic rings. The third-order valence-electron chi connectivity index (χ3n) is 9.78. The molecule has 1 N–H and O–H groups in total. The van der Waals surface area contributed by atoms with Gasteiger partial charge in [-0.05, 0) is 61.0 Å². The molecule has 9 atom stereocenters. The molecule has 1 aromatic heterocycles. The van der Waals surface area contributed by atoms with Gasteiger partial charge in [-0.1, -0.05) is 32.9 Å². The predicted molar refractivity (Wildman–Crippen MR) is 132 cm³/mol. The number of halogens is 2. The molecule has 37 heavy (non-hydrogen) atoms. The highest BCUT2D eigenvalue weighted by Crippen LogP contribution is 2.72. The average Bonchev–Trinajstić information content (AvgIpc) is 3.09. The molecule has 1 heterocycles. The molecule has 0 radical (unpaired) electrons. The highest BCUT2D eigenvalue weighted by molar-refractivity contribution is 6.26. The van der Waals surface area contributed by atoms with E-state index in [1.165, 1.54) is 31.5 Å². The molecule has 0 aliphatic heterocycles. The number of carbonyl (C=O) groups excluding carboxylic acids is 3. The van der Waals surface area contributed by atoms with Crippen LogP contribution in [0.25, 0.3) is 0 Å². The number of ether oxygens (including phenoxy) is 2. The number of ketones is 1. The average molecular weight is 532 g/mol. The van der Waals surface area contributed by atoms with Crippen molar-refractivity contribution in [1.82, 2.24) is 4.98 Å². The number of nitrogens with zero attached hydrogens (tertiary/aromatic N) is 1. The van der Waals surface area contributed by atoms with Gasteiger partial charge in [-0.25, -0.2) is 19.0 Å². The third kappa shape index (κ3) is 3.21. The number of aliphatic hydroxyl groups is 1. The van der Waals surface area contributed by atoms with Crippen molar-refractivity contribution in [3.8, 4) is 0 Å². The number of hydrogen-bond acceptors (Lipinski definition) is 7. The first-order valence-corrected chi connectivity index (χ1v) is 12.9. The summed E-state index contributed by atoms with van der Waals surface area (Å²) >= 11 is 7.39. The first kappa shape index (κ1) is 26.0. The minimum atomic E-state index is -1.75. The van der Waals surface area contributed by atoms with Gasteiger partial charge in [-0.15, -0.1) is 11.6 Å². The van der Waals surface area contributed by atoms with E-state index in [-0.39, 0.29) is 35.8 Å². The molecule has 9 heteroatoms. The molecule has 3 fully saturated rings. The van der Waals surface area contributed by atoms with Crippen LogP contribution in [0.3, 0.4) is 0 Å². The minimum Gasteiger partial charge on any atom is -0.466 e. The molecular weight excluding hydrogens is 501 g/mol. The van der Waals surface area contributed by atoms with Gasteiger partial charge in [0.05, 0.1) is 18.1 Å². The Morgan fingerprint density at radius 2 is 1.95 bits per heavy atom. The Hall–Kier alpha value is -2.58. The van der Waals surface area contributed by atoms with E-state index in [2.05, 4.69) is 4.98 Å². The maximum atomic E-state index is 15.8. The number of aliphatic hydroxyl groups excluding tert-OH is 1. The first-order chi connectivity index (χ1) is 17.4. The molecule has 7 nitrogen and oxygen atoms in total. The standard InChI is InChI=1S/C28H31ClFNO6/c1-15-11-17-18-13-20(30)19-12-16(32)8-9-25(19,2)27(18,29)22(33)14-26(17,3)28(15,24(35)36-4)37-23(34)21-7-5-6-10-31-21/h5-10,12,15,17-18,20,22,33H,11,13-14H2,1-4H3/t15-,17?,18?,20-,22-,25-,26-,27-,28-/m0/s1. The lowest BCUT2D eigenvalue weighted by Crippen LogP contribution is -2.70. The van der Waals surface area contributed by atoms with E-state index < -0.39 is 57.4 Å². The summed E-state index contributed by atoms with van der Waals surface area (Å²) in [6, 6.07) is 4.79. The predicted octanol–water partition coefficient (Wildman–Crippen LogP) is 3.98. The number of rotatable bonds is 3. The number of aromatic nitrogens is 1. The van der Waals surface area contributed by atoms with Gasteiger partial charge in [0.15, 0.2) is 5.78 Å². The zero-order chi connectivity index (χ0) is 27.0. The molecule has 0 amide bonds. The summed E-state index contributed by atoms with van der Waals surface area (Å²) in [4.78, 5) is 41.6. The Labute approximate surface area is 220 Å². The Bertz CT molecular complexity index is 1220. The van der Waals surface area contributed by atoms with Crippen LogP contribution in [0.15, 0.2) is 48.2 Å². The second-order valence-corrected chi connectivity index (χ2v) is 12.0. The van der Waals surface area contributed by atoms with Crippen LogP contribution in [0.1, 0.15) is 50.5 Å². The molecular formula is C28H31ClFNO6. The molecule has 5 rings (SSSR count). The molecule has 4 aliphatic carbocycles. The quantitative estimate of drug-likeness (QED) is 0.465. The van der Waals surface area contributed by atoms with E-state index in [0.717, 1.165) is 0 Å². The topological polar surface area (TPSA) is 103 Å². The fourth-order valence-corrected chi connectivity index (χ4v) is 8.54. The van der Waals surface area contributed by atoms with E-state index in [1.807, 2.05) is 0 Å². The van der Waals surface area contributed by atoms with E-state index in [0.29, 0.717) is 6.42 Å². The normalized spacial score (nSPS) is 44.2. The highest BCUT2D eigenvalue weighted by atomic mass is 35.5. The van der Waals surface area contributed by atoms with E-state index >= 15 is 4.39 Å². The van der Waals surface area contributed by atoms with Crippen LogP contribution in [0.4, 0.5) is 4.39 Å². The van der Waals surface area contributed by atoms with Crippen molar-refractivity contribution >= 4 is 29.3 Å². The molecule has 0 aromatic carbocycles. The third-order valence-corrected chi connectivity index (χ3v) is 10.7. The van der Waals surface area contributed by atoms with E-state index in [4.69, 9.17) is 21.1 Å². The van der Waals surface area contributed by atoms with Crippen LogP contribution in [-0.2, 0) is 19.1 Å². The van der Waals surface area contributed by atoms with Crippen molar-refractivity contribution in [2.24, 2.45) is 28.6 Å². The molecule has 0 bridgehead atoms. The number of esters is 2. The summed E-state index contributed by atoms with van der Waals surface area (Å²) in [6.45, 7) is 5.35. The number of allylic oxidation sites excluding steroid dienone is 4. The first-order valence-electron chi connectivity index (χ1n) is 12.6. The summed E-state index contributed by atoms with van der Waals surface area (Å²) in [5.74, 6) is -3.31. The highest BCUT2D eigenvalue weighted by Gasteiger charge is 2.78. The SMILES string of the molecule is COC(=O)[C@@]1(OC(=O)c2ccccn2)[C@@H](C)CC2C3C[C@H](F)C4=CC(=O)C=C[C@]4(C)[C@@]3(Cl)[C@@H](O)C[C@@]21C. The summed E-state index contributed by atoms with van der Waals surface area (Å²) in [6.07, 6.45) is 3.44. The number of alkyl halides is 2. The lowest BCUT2D eigenvalue weighted by molar-refractivity contribution is -0.199. The van der Waals surface area contributed by atoms with Gasteiger partial charge in [0, 0.05) is 22.9 Å². The molecule has 0 spiro atoms. The van der Waals surface area contributed by atoms with Gasteiger partial charge in [0.25, 0.3) is 0 Å². The summed E-state index contributed by atoms with van der Waals surface area (Å²) in [5.41, 5.74) is -3.68. The maximum Gasteiger partial charge on any atom is 0.358 e. The summed E-state index contributed by atoms with van der Waals surface area (Å²) in [7, 11) is 1.23. The van der Waals surface area contributed by atoms with E-state index in [9.17, 15) is 19.5 Å². The second-order valence-electron chi connectivity index (χ2n) is 11.3. The molecule has 4 aliphatic rings. The largest absolute Gasteiger partial charge is 0.466 e. The zero-order valence-electron chi connectivity index (χ0n) is 21.2. The van der Waals surface area contributed by atoms with Gasteiger partial charge >= 0.3 is 11.9 Å². The number of hydrogen-bond donors (Lipinski definition) is 1. The van der Waals surface area contributed by atoms with Crippen LogP contribution in [0, 0.1) is 28.6 Å². The van der Waals surface area contributed by atoms with Gasteiger partial charge in [-0.2, -0.15) is 0 Å². The van der Waals surface area contributed by atoms with Crippen molar-refractivity contribution in [2.45, 2.75) is 62.8 Å². The van der Waals surface area contributed by atoms with Crippen molar-refractivity contribution in [3.05, 3.63) is 53.9 Å². The van der Waals surface area contributed by atoms with Crippen molar-refractivity contribution < 1.29 is 33.4 Å². The summed E-state index contributed by atoms with van der Waals surface area (Å²) < 4.78 is 27.0. The number of fused-ring (bicyclic) bond motifs is 5. The van der Waals surface area contributed by atoms with E-state index in [1.54, 1.807) is 39.0 Å². The summed E-state index contributed by atoms with van der Waals surface area (Å²) in [5, 5.41) is 11.8. The van der Waals surface area contributed by atoms with Gasteiger partial charge in [0.1, 0.15) is 11.9 Å². The number of carbonyl (C=O) groups is 3. The van der Waals surface area contributed by atoms with Crippen molar-refractivity contribution in [1.29, 1.82) is 0 Å². The van der Waals surface area contributed by atoms with Gasteiger partial charge in [-0.3, -0.25) is 4.79 Å². The van der Waals surface area contributed by atoms with Crippen LogP contribution < -0.4 is 0 Å². The molecule has 2 unspecified atom stereocenters. The Morgan fingerprint density at radius 3 is 2.59 bits per heavy atom. The Kier molecular flexibility index (Phi) is 5.96.